The van der Waals surface area contributed by atoms with Crippen molar-refractivity contribution in [2.45, 2.75) is 18.8 Å². The van der Waals surface area contributed by atoms with Crippen molar-refractivity contribution in [1.29, 1.82) is 5.26 Å². The topological polar surface area (TPSA) is 129 Å². The number of hydrogen-bond acceptors (Lipinski definition) is 8. The molecule has 1 saturated heterocycles. The highest BCUT2D eigenvalue weighted by atomic mass is 16.5. The summed E-state index contributed by atoms with van der Waals surface area (Å²) in [6.07, 6.45) is 6.68. The van der Waals surface area contributed by atoms with Gasteiger partial charge >= 0.3 is 0 Å². The van der Waals surface area contributed by atoms with Gasteiger partial charge in [0.25, 0.3) is 0 Å². The van der Waals surface area contributed by atoms with Crippen molar-refractivity contribution in [2.24, 2.45) is 0 Å². The maximum atomic E-state index is 11.7. The van der Waals surface area contributed by atoms with Crippen LogP contribution in [0.15, 0.2) is 55.0 Å². The second kappa shape index (κ2) is 10.0. The summed E-state index contributed by atoms with van der Waals surface area (Å²) < 4.78 is 7.38. The first-order valence-corrected chi connectivity index (χ1v) is 11.6. The van der Waals surface area contributed by atoms with Crippen LogP contribution in [0.5, 0.6) is 5.75 Å². The smallest absolute Gasteiger partial charge is 0.248 e. The average Bonchev–Trinajstić information content (AvgIpc) is 3.37. The van der Waals surface area contributed by atoms with Crippen molar-refractivity contribution in [3.8, 4) is 23.1 Å². The minimum absolute atomic E-state index is 0.225. The lowest BCUT2D eigenvalue weighted by Crippen LogP contribution is -2.39. The number of amides is 1. The van der Waals surface area contributed by atoms with Gasteiger partial charge in [-0.2, -0.15) is 10.4 Å². The van der Waals surface area contributed by atoms with Gasteiger partial charge in [-0.05, 0) is 48.6 Å². The number of anilines is 2. The summed E-state index contributed by atoms with van der Waals surface area (Å²) in [6.45, 7) is 0.797. The van der Waals surface area contributed by atoms with E-state index in [0.717, 1.165) is 29.5 Å². The Morgan fingerprint density at radius 1 is 1.25 bits per heavy atom. The van der Waals surface area contributed by atoms with Crippen LogP contribution in [0.25, 0.3) is 16.8 Å². The van der Waals surface area contributed by atoms with Crippen molar-refractivity contribution in [1.82, 2.24) is 24.5 Å². The number of benzene rings is 1. The number of aliphatic hydroxyl groups excluding tert-OH is 1. The van der Waals surface area contributed by atoms with E-state index in [1.165, 1.54) is 6.20 Å². The molecule has 4 aromatic rings. The fourth-order valence-electron chi connectivity index (χ4n) is 4.59. The zero-order valence-electron chi connectivity index (χ0n) is 19.8. The molecule has 5 rings (SSSR count). The van der Waals surface area contributed by atoms with Gasteiger partial charge < -0.3 is 20.1 Å². The number of pyridine rings is 1. The molecule has 0 radical (unpaired) electrons. The molecule has 1 fully saturated rings. The summed E-state index contributed by atoms with van der Waals surface area (Å²) in [5.41, 5.74) is 4.26. The zero-order valence-corrected chi connectivity index (χ0v) is 19.8. The lowest BCUT2D eigenvalue weighted by Gasteiger charge is -2.32. The van der Waals surface area contributed by atoms with Gasteiger partial charge in [0.1, 0.15) is 18.4 Å². The van der Waals surface area contributed by atoms with Gasteiger partial charge in [-0.3, -0.25) is 4.79 Å². The molecule has 182 valence electrons. The van der Waals surface area contributed by atoms with Crippen LogP contribution in [0.4, 0.5) is 11.6 Å². The lowest BCUT2D eigenvalue weighted by atomic mass is 9.89. The predicted octanol–water partition coefficient (Wildman–Crippen LogP) is 3.11. The number of ether oxygens (including phenoxy) is 1. The van der Waals surface area contributed by atoms with Gasteiger partial charge in [-0.15, -0.1) is 0 Å². The van der Waals surface area contributed by atoms with Crippen LogP contribution in [0.3, 0.4) is 0 Å². The Hall–Kier alpha value is -4.49. The third-order valence-corrected chi connectivity index (χ3v) is 6.52. The number of carbonyl (C=O) groups is 1. The first-order chi connectivity index (χ1) is 17.6. The van der Waals surface area contributed by atoms with Crippen molar-refractivity contribution in [3.05, 3.63) is 66.1 Å². The summed E-state index contributed by atoms with van der Waals surface area (Å²) in [5.74, 6) is 1.05. The molecule has 3 aromatic heterocycles. The van der Waals surface area contributed by atoms with Gasteiger partial charge in [0.15, 0.2) is 0 Å². The first-order valence-electron chi connectivity index (χ1n) is 11.6. The molecule has 1 amide bonds. The van der Waals surface area contributed by atoms with Crippen LogP contribution < -0.4 is 10.1 Å². The number of rotatable bonds is 6. The van der Waals surface area contributed by atoms with E-state index in [-0.39, 0.29) is 5.91 Å². The highest BCUT2D eigenvalue weighted by Crippen LogP contribution is 2.35. The van der Waals surface area contributed by atoms with E-state index in [2.05, 4.69) is 26.5 Å². The monoisotopic (exact) mass is 483 g/mol. The van der Waals surface area contributed by atoms with Gasteiger partial charge in [-0.25, -0.2) is 14.5 Å². The molecular formula is C26H25N7O3. The molecule has 10 heteroatoms. The number of nitrogens with zero attached hydrogens (tertiary/aromatic N) is 6. The minimum atomic E-state index is -0.449. The summed E-state index contributed by atoms with van der Waals surface area (Å²) in [5, 5.41) is 26.3. The van der Waals surface area contributed by atoms with Crippen LogP contribution in [-0.2, 0) is 4.79 Å². The largest absolute Gasteiger partial charge is 0.495 e. The van der Waals surface area contributed by atoms with E-state index in [0.29, 0.717) is 47.7 Å². The SMILES string of the molecule is COc1cc(C2CCN(C(=O)CO)CC2)ccc1Nc1ncc(C#N)c(-c2cnn3ccccc23)n1. The molecule has 0 unspecified atom stereocenters. The number of fused-ring (bicyclic) bond motifs is 1. The first kappa shape index (κ1) is 23.3. The molecule has 0 saturated carbocycles. The van der Waals surface area contributed by atoms with Crippen LogP contribution in [0, 0.1) is 11.3 Å². The maximum absolute atomic E-state index is 11.7. The number of nitrogens with one attached hydrogen (secondary N) is 1. The molecule has 36 heavy (non-hydrogen) atoms. The second-order valence-electron chi connectivity index (χ2n) is 8.55. The van der Waals surface area contributed by atoms with E-state index in [1.807, 2.05) is 42.6 Å². The number of likely N-dealkylation sites (tertiary alicyclic amines) is 1. The minimum Gasteiger partial charge on any atom is -0.495 e. The Morgan fingerprint density at radius 2 is 2.08 bits per heavy atom. The average molecular weight is 484 g/mol. The molecular weight excluding hydrogens is 458 g/mol. The maximum Gasteiger partial charge on any atom is 0.248 e. The Bertz CT molecular complexity index is 1450. The fraction of sp³-hybridized carbons (Fsp3) is 0.269. The van der Waals surface area contributed by atoms with Crippen molar-refractivity contribution < 1.29 is 14.6 Å². The molecule has 2 N–H and O–H groups in total. The van der Waals surface area contributed by atoms with Crippen molar-refractivity contribution >= 4 is 23.1 Å². The van der Waals surface area contributed by atoms with E-state index < -0.39 is 6.61 Å². The summed E-state index contributed by atoms with van der Waals surface area (Å²) in [7, 11) is 1.61. The van der Waals surface area contributed by atoms with E-state index in [9.17, 15) is 10.1 Å². The normalized spacial score (nSPS) is 14.0. The van der Waals surface area contributed by atoms with E-state index >= 15 is 0 Å². The van der Waals surface area contributed by atoms with E-state index in [4.69, 9.17) is 9.84 Å². The standard InChI is InChI=1S/C26H25N7O3/c1-36-23-12-18(17-7-10-32(11-8-17)24(35)16-34)5-6-21(23)30-26-28-14-19(13-27)25(31-26)20-15-29-33-9-3-2-4-22(20)33/h2-6,9,12,14-15,17,34H,7-8,10-11,16H2,1H3,(H,28,30,31). The van der Waals surface area contributed by atoms with Crippen molar-refractivity contribution in [2.75, 3.05) is 32.1 Å². The highest BCUT2D eigenvalue weighted by molar-refractivity contribution is 5.81. The molecule has 0 atom stereocenters. The molecule has 1 aromatic carbocycles. The molecule has 1 aliphatic heterocycles. The number of nitriles is 1. The third-order valence-electron chi connectivity index (χ3n) is 6.52. The van der Waals surface area contributed by atoms with Gasteiger partial charge in [0.05, 0.1) is 42.0 Å². The number of aliphatic hydroxyl groups is 1. The second-order valence-corrected chi connectivity index (χ2v) is 8.55. The van der Waals surface area contributed by atoms with Crippen molar-refractivity contribution in [3.63, 3.8) is 0 Å². The fourth-order valence-corrected chi connectivity index (χ4v) is 4.59. The number of piperidine rings is 1. The number of carbonyl (C=O) groups excluding carboxylic acids is 1. The Labute approximate surface area is 207 Å². The van der Waals surface area contributed by atoms with Crippen LogP contribution >= 0.6 is 0 Å². The Kier molecular flexibility index (Phi) is 6.47. The molecule has 1 aliphatic rings. The lowest BCUT2D eigenvalue weighted by molar-refractivity contribution is -0.135. The molecule has 0 aliphatic carbocycles. The number of methoxy groups -OCH3 is 1. The quantitative estimate of drug-likeness (QED) is 0.428. The number of hydrogen-bond donors (Lipinski definition) is 2. The Balaban J connectivity index is 1.39. The Morgan fingerprint density at radius 3 is 2.83 bits per heavy atom. The van der Waals surface area contributed by atoms with E-state index in [1.54, 1.807) is 22.7 Å². The molecule has 10 nitrogen and oxygen atoms in total. The number of aromatic nitrogens is 4. The molecule has 0 spiro atoms. The highest BCUT2D eigenvalue weighted by Gasteiger charge is 2.24. The molecule has 4 heterocycles. The van der Waals surface area contributed by atoms with Crippen LogP contribution in [0.1, 0.15) is 29.9 Å². The zero-order chi connectivity index (χ0) is 25.1. The van der Waals surface area contributed by atoms with Gasteiger partial charge in [0, 0.05) is 24.8 Å². The predicted molar refractivity (Wildman–Crippen MR) is 133 cm³/mol. The van der Waals surface area contributed by atoms with Gasteiger partial charge in [-0.1, -0.05) is 12.1 Å². The summed E-state index contributed by atoms with van der Waals surface area (Å²) in [4.78, 5) is 22.4. The van der Waals surface area contributed by atoms with Crippen LogP contribution in [0.2, 0.25) is 0 Å². The third kappa shape index (κ3) is 4.44. The summed E-state index contributed by atoms with van der Waals surface area (Å²) >= 11 is 0. The molecule has 0 bridgehead atoms. The van der Waals surface area contributed by atoms with Crippen LogP contribution in [-0.4, -0.2) is 62.3 Å². The van der Waals surface area contributed by atoms with Gasteiger partial charge in [0.2, 0.25) is 11.9 Å². The summed E-state index contributed by atoms with van der Waals surface area (Å²) in [6, 6.07) is 13.8.